The maximum Gasteiger partial charge on any atom is 0.330 e. The minimum absolute atomic E-state index is 0.524. The molecule has 0 unspecified atom stereocenters. The fraction of sp³-hybridized carbons (Fsp3) is 0.700. The molecule has 0 bridgehead atoms. The first kappa shape index (κ1) is 15.0. The lowest BCUT2D eigenvalue weighted by Gasteiger charge is -2.33. The largest absolute Gasteiger partial charge is 0.466 e. The van der Waals surface area contributed by atoms with E-state index in [0.29, 0.717) is 0 Å². The van der Waals surface area contributed by atoms with Crippen LogP contribution in [0, 0.1) is 0 Å². The van der Waals surface area contributed by atoms with Gasteiger partial charge >= 0.3 is 5.97 Å². The molecule has 0 rings (SSSR count). The molecular formula is C10H18O6. The van der Waals surface area contributed by atoms with E-state index < -0.39 is 18.0 Å². The van der Waals surface area contributed by atoms with Gasteiger partial charge in [-0.25, -0.2) is 4.79 Å². The summed E-state index contributed by atoms with van der Waals surface area (Å²) in [4.78, 5) is 11.0. The molecule has 0 heterocycles. The number of methoxy groups -OCH3 is 5. The Morgan fingerprint density at radius 2 is 1.56 bits per heavy atom. The van der Waals surface area contributed by atoms with Gasteiger partial charge in [0.1, 0.15) is 0 Å². The van der Waals surface area contributed by atoms with Crippen molar-refractivity contribution < 1.29 is 28.5 Å². The van der Waals surface area contributed by atoms with Gasteiger partial charge in [0.25, 0.3) is 0 Å². The molecule has 0 aliphatic rings. The van der Waals surface area contributed by atoms with Gasteiger partial charge in [0.05, 0.1) is 7.11 Å². The van der Waals surface area contributed by atoms with Crippen LogP contribution in [-0.2, 0) is 28.5 Å². The van der Waals surface area contributed by atoms with Crippen LogP contribution in [0.15, 0.2) is 12.2 Å². The molecule has 0 aliphatic carbocycles. The van der Waals surface area contributed by atoms with E-state index in [-0.39, 0.29) is 0 Å². The highest BCUT2D eigenvalue weighted by Gasteiger charge is 2.38. The summed E-state index contributed by atoms with van der Waals surface area (Å²) in [6.07, 6.45) is 1.75. The van der Waals surface area contributed by atoms with E-state index in [1.54, 1.807) is 0 Å². The molecule has 16 heavy (non-hydrogen) atoms. The molecule has 0 aromatic carbocycles. The van der Waals surface area contributed by atoms with Crippen LogP contribution in [0.5, 0.6) is 0 Å². The highest BCUT2D eigenvalue weighted by Crippen LogP contribution is 2.21. The van der Waals surface area contributed by atoms with Crippen molar-refractivity contribution in [2.45, 2.75) is 12.1 Å². The fourth-order valence-electron chi connectivity index (χ4n) is 1.17. The van der Waals surface area contributed by atoms with Gasteiger partial charge in [-0.15, -0.1) is 0 Å². The Balaban J connectivity index is 4.93. The van der Waals surface area contributed by atoms with Crippen LogP contribution in [0.25, 0.3) is 0 Å². The molecule has 0 atom stereocenters. The Hall–Kier alpha value is -0.950. The lowest BCUT2D eigenvalue weighted by molar-refractivity contribution is -0.301. The highest BCUT2D eigenvalue weighted by molar-refractivity contribution is 5.81. The van der Waals surface area contributed by atoms with Crippen molar-refractivity contribution >= 4 is 5.97 Å². The maximum atomic E-state index is 11.0. The van der Waals surface area contributed by atoms with Crippen LogP contribution >= 0.6 is 0 Å². The summed E-state index contributed by atoms with van der Waals surface area (Å²) in [6, 6.07) is 0. The molecule has 0 spiro atoms. The molecule has 0 aromatic heterocycles. The molecule has 0 aromatic rings. The molecule has 6 heteroatoms. The van der Waals surface area contributed by atoms with Crippen molar-refractivity contribution in [3.8, 4) is 0 Å². The van der Waals surface area contributed by atoms with Crippen molar-refractivity contribution in [1.82, 2.24) is 0 Å². The molecular weight excluding hydrogens is 216 g/mol. The van der Waals surface area contributed by atoms with Gasteiger partial charge in [-0.3, -0.25) is 0 Å². The molecule has 0 radical (unpaired) electrons. The molecule has 0 N–H and O–H groups in total. The van der Waals surface area contributed by atoms with E-state index in [9.17, 15) is 4.79 Å². The Morgan fingerprint density at radius 1 is 1.06 bits per heavy atom. The molecule has 0 aliphatic heterocycles. The van der Waals surface area contributed by atoms with Gasteiger partial charge in [0, 0.05) is 34.5 Å². The van der Waals surface area contributed by atoms with Crippen molar-refractivity contribution in [1.29, 1.82) is 0 Å². The number of hydrogen-bond acceptors (Lipinski definition) is 6. The topological polar surface area (TPSA) is 63.2 Å². The summed E-state index contributed by atoms with van der Waals surface area (Å²) < 4.78 is 24.9. The first-order valence-electron chi connectivity index (χ1n) is 4.53. The van der Waals surface area contributed by atoms with Gasteiger partial charge in [0.2, 0.25) is 12.1 Å². The zero-order valence-electron chi connectivity index (χ0n) is 10.2. The lowest BCUT2D eigenvalue weighted by Crippen LogP contribution is -2.46. The molecule has 0 fully saturated rings. The second kappa shape index (κ2) is 7.34. The van der Waals surface area contributed by atoms with Crippen LogP contribution in [-0.4, -0.2) is 53.6 Å². The van der Waals surface area contributed by atoms with Crippen LogP contribution < -0.4 is 0 Å². The van der Waals surface area contributed by atoms with E-state index in [1.165, 1.54) is 47.7 Å². The third kappa shape index (κ3) is 3.57. The van der Waals surface area contributed by atoms with Gasteiger partial charge in [-0.2, -0.15) is 0 Å². The zero-order valence-corrected chi connectivity index (χ0v) is 10.2. The maximum absolute atomic E-state index is 11.0. The van der Waals surface area contributed by atoms with E-state index in [4.69, 9.17) is 18.9 Å². The lowest BCUT2D eigenvalue weighted by atomic mass is 10.2. The Labute approximate surface area is 95.1 Å². The minimum atomic E-state index is -1.29. The quantitative estimate of drug-likeness (QED) is 0.359. The average Bonchev–Trinajstić information content (AvgIpc) is 2.34. The van der Waals surface area contributed by atoms with Gasteiger partial charge in [-0.05, 0) is 6.08 Å². The SMILES string of the molecule is COC(=O)/C=C/C(OC)(OC)C(OC)OC. The van der Waals surface area contributed by atoms with Gasteiger partial charge in [-0.1, -0.05) is 0 Å². The average molecular weight is 234 g/mol. The predicted molar refractivity (Wildman–Crippen MR) is 55.7 cm³/mol. The number of esters is 1. The fourth-order valence-corrected chi connectivity index (χ4v) is 1.17. The Morgan fingerprint density at radius 3 is 1.88 bits per heavy atom. The monoisotopic (exact) mass is 234 g/mol. The number of ether oxygens (including phenoxy) is 5. The number of carbonyl (C=O) groups excluding carboxylic acids is 1. The first-order valence-corrected chi connectivity index (χ1v) is 4.53. The van der Waals surface area contributed by atoms with Crippen LogP contribution in [0.2, 0.25) is 0 Å². The zero-order chi connectivity index (χ0) is 12.6. The Bertz CT molecular complexity index is 229. The summed E-state index contributed by atoms with van der Waals surface area (Å²) in [7, 11) is 6.98. The number of hydrogen-bond donors (Lipinski definition) is 0. The van der Waals surface area contributed by atoms with Gasteiger partial charge < -0.3 is 23.7 Å². The summed E-state index contributed by atoms with van der Waals surface area (Å²) in [6.45, 7) is 0. The third-order valence-electron chi connectivity index (χ3n) is 2.05. The van der Waals surface area contributed by atoms with Crippen molar-refractivity contribution in [2.75, 3.05) is 35.5 Å². The molecule has 0 amide bonds. The van der Waals surface area contributed by atoms with Gasteiger partial charge in [0.15, 0.2) is 0 Å². The first-order chi connectivity index (χ1) is 7.60. The van der Waals surface area contributed by atoms with Crippen molar-refractivity contribution in [3.63, 3.8) is 0 Å². The molecule has 94 valence electrons. The standard InChI is InChI=1S/C10H18O6/c1-12-8(11)6-7-10(15-4,16-5)9(13-2)14-3/h6-7,9H,1-5H3/b7-6+. The van der Waals surface area contributed by atoms with Crippen LogP contribution in [0.1, 0.15) is 0 Å². The highest BCUT2D eigenvalue weighted by atomic mass is 16.8. The third-order valence-corrected chi connectivity index (χ3v) is 2.05. The molecule has 0 saturated carbocycles. The number of rotatable bonds is 7. The predicted octanol–water partition coefficient (Wildman–Crippen LogP) is 0.324. The van der Waals surface area contributed by atoms with Crippen molar-refractivity contribution in [2.24, 2.45) is 0 Å². The summed E-state index contributed by atoms with van der Waals surface area (Å²) in [5.41, 5.74) is 0. The summed E-state index contributed by atoms with van der Waals surface area (Å²) in [5.74, 6) is -1.82. The summed E-state index contributed by atoms with van der Waals surface area (Å²) >= 11 is 0. The van der Waals surface area contributed by atoms with E-state index in [2.05, 4.69) is 4.74 Å². The smallest absolute Gasteiger partial charge is 0.330 e. The second-order valence-electron chi connectivity index (χ2n) is 2.79. The van der Waals surface area contributed by atoms with Crippen molar-refractivity contribution in [3.05, 3.63) is 12.2 Å². The van der Waals surface area contributed by atoms with E-state index in [0.717, 1.165) is 0 Å². The number of carbonyl (C=O) groups is 1. The van der Waals surface area contributed by atoms with Crippen LogP contribution in [0.4, 0.5) is 0 Å². The Kier molecular flexibility index (Phi) is 6.91. The molecule has 6 nitrogen and oxygen atoms in total. The summed E-state index contributed by atoms with van der Waals surface area (Å²) in [5, 5.41) is 0. The van der Waals surface area contributed by atoms with E-state index in [1.807, 2.05) is 0 Å². The molecule has 0 saturated heterocycles. The second-order valence-corrected chi connectivity index (χ2v) is 2.79. The normalized spacial score (nSPS) is 12.4. The van der Waals surface area contributed by atoms with Crippen LogP contribution in [0.3, 0.4) is 0 Å². The van der Waals surface area contributed by atoms with E-state index >= 15 is 0 Å². The minimum Gasteiger partial charge on any atom is -0.466 e.